The molecule has 2 aromatic rings. The number of carbonyl (C=O) groups excluding carboxylic acids is 2. The molecule has 6 nitrogen and oxygen atoms in total. The van der Waals surface area contributed by atoms with Gasteiger partial charge >= 0.3 is 5.97 Å². The Kier molecular flexibility index (Phi) is 6.73. The molecule has 0 radical (unpaired) electrons. The summed E-state index contributed by atoms with van der Waals surface area (Å²) in [4.78, 5) is 24.5. The molecule has 6 heteroatoms. The van der Waals surface area contributed by atoms with Gasteiger partial charge in [-0.3, -0.25) is 4.79 Å². The first kappa shape index (κ1) is 21.4. The van der Waals surface area contributed by atoms with E-state index in [0.717, 1.165) is 18.6 Å². The van der Waals surface area contributed by atoms with Gasteiger partial charge in [-0.2, -0.15) is 5.26 Å². The van der Waals surface area contributed by atoms with Crippen LogP contribution in [0.4, 0.5) is 5.69 Å². The Morgan fingerprint density at radius 1 is 1.27 bits per heavy atom. The van der Waals surface area contributed by atoms with Gasteiger partial charge in [0.25, 0.3) is 5.91 Å². The Hall–Kier alpha value is -3.33. The fraction of sp³-hybridized carbons (Fsp3) is 0.375. The van der Waals surface area contributed by atoms with Gasteiger partial charge in [0.05, 0.1) is 12.2 Å². The van der Waals surface area contributed by atoms with Crippen LogP contribution >= 0.6 is 0 Å². The number of anilines is 1. The van der Waals surface area contributed by atoms with E-state index in [4.69, 9.17) is 9.15 Å². The second-order valence-electron chi connectivity index (χ2n) is 8.08. The van der Waals surface area contributed by atoms with Gasteiger partial charge in [-0.25, -0.2) is 4.79 Å². The molecule has 156 valence electrons. The molecule has 1 amide bonds. The smallest absolute Gasteiger partial charge is 0.338 e. The van der Waals surface area contributed by atoms with Gasteiger partial charge in [0.2, 0.25) is 0 Å². The molecular weight excluding hydrogens is 380 g/mol. The molecule has 1 aliphatic carbocycles. The summed E-state index contributed by atoms with van der Waals surface area (Å²) >= 11 is 0. The van der Waals surface area contributed by atoms with Crippen LogP contribution in [0.2, 0.25) is 0 Å². The van der Waals surface area contributed by atoms with E-state index in [9.17, 15) is 14.9 Å². The first-order chi connectivity index (χ1) is 14.4. The van der Waals surface area contributed by atoms with Gasteiger partial charge < -0.3 is 14.5 Å². The highest BCUT2D eigenvalue weighted by Crippen LogP contribution is 2.47. The highest BCUT2D eigenvalue weighted by atomic mass is 16.5. The molecule has 0 saturated heterocycles. The van der Waals surface area contributed by atoms with Crippen LogP contribution in [0.25, 0.3) is 6.08 Å². The zero-order chi connectivity index (χ0) is 21.7. The zero-order valence-corrected chi connectivity index (χ0v) is 17.5. The number of nitriles is 1. The van der Waals surface area contributed by atoms with Gasteiger partial charge in [-0.05, 0) is 61.1 Å². The van der Waals surface area contributed by atoms with E-state index < -0.39 is 11.9 Å². The third-order valence-electron chi connectivity index (χ3n) is 5.08. The minimum atomic E-state index is -0.539. The number of rotatable bonds is 8. The minimum Gasteiger partial charge on any atom is -0.462 e. The third kappa shape index (κ3) is 5.60. The molecule has 0 bridgehead atoms. The van der Waals surface area contributed by atoms with Crippen LogP contribution in [0, 0.1) is 23.2 Å². The Balaban J connectivity index is 1.59. The lowest BCUT2D eigenvalue weighted by atomic mass is 10.1. The lowest BCUT2D eigenvalue weighted by Crippen LogP contribution is -2.13. The monoisotopic (exact) mass is 406 g/mol. The van der Waals surface area contributed by atoms with Crippen molar-refractivity contribution >= 4 is 23.6 Å². The van der Waals surface area contributed by atoms with Gasteiger partial charge in [0.1, 0.15) is 23.2 Å². The maximum atomic E-state index is 12.4. The predicted molar refractivity (Wildman–Crippen MR) is 114 cm³/mol. The van der Waals surface area contributed by atoms with Crippen LogP contribution < -0.4 is 5.32 Å². The van der Waals surface area contributed by atoms with Crippen LogP contribution in [0.1, 0.15) is 61.4 Å². The normalized spacial score (nSPS) is 18.0. The van der Waals surface area contributed by atoms with Crippen molar-refractivity contribution in [3.05, 3.63) is 59.1 Å². The Morgan fingerprint density at radius 2 is 1.97 bits per heavy atom. The quantitative estimate of drug-likeness (QED) is 0.372. The molecule has 1 N–H and O–H groups in total. The number of esters is 1. The number of nitrogens with zero attached hydrogens (tertiary/aromatic N) is 1. The van der Waals surface area contributed by atoms with Crippen molar-refractivity contribution in [2.24, 2.45) is 11.8 Å². The fourth-order valence-corrected chi connectivity index (χ4v) is 3.01. The molecule has 0 spiro atoms. The standard InChI is InChI=1S/C24H26N2O4/c1-15(2)10-11-29-24(28)17-4-6-19(7-5-17)26-23(27)18(14-25)13-20-8-9-22(30-20)21-12-16(21)3/h4-9,13,15-16,21H,10-12H2,1-3H3,(H,26,27). The maximum Gasteiger partial charge on any atom is 0.338 e. The molecule has 30 heavy (non-hydrogen) atoms. The predicted octanol–water partition coefficient (Wildman–Crippen LogP) is 5.15. The van der Waals surface area contributed by atoms with Crippen molar-refractivity contribution in [3.8, 4) is 6.07 Å². The highest BCUT2D eigenvalue weighted by molar-refractivity contribution is 6.09. The largest absolute Gasteiger partial charge is 0.462 e. The first-order valence-electron chi connectivity index (χ1n) is 10.2. The average molecular weight is 406 g/mol. The molecule has 1 fully saturated rings. The summed E-state index contributed by atoms with van der Waals surface area (Å²) in [5.74, 6) is 1.94. The van der Waals surface area contributed by atoms with E-state index in [-0.39, 0.29) is 5.57 Å². The highest BCUT2D eigenvalue weighted by Gasteiger charge is 2.36. The van der Waals surface area contributed by atoms with E-state index in [0.29, 0.717) is 41.4 Å². The topological polar surface area (TPSA) is 92.3 Å². The summed E-state index contributed by atoms with van der Waals surface area (Å²) in [6.07, 6.45) is 3.34. The van der Waals surface area contributed by atoms with E-state index in [2.05, 4.69) is 26.1 Å². The molecule has 2 unspecified atom stereocenters. The zero-order valence-electron chi connectivity index (χ0n) is 17.5. The van der Waals surface area contributed by atoms with Crippen LogP contribution in [-0.4, -0.2) is 18.5 Å². The summed E-state index contributed by atoms with van der Waals surface area (Å²) < 4.78 is 11.0. The van der Waals surface area contributed by atoms with E-state index >= 15 is 0 Å². The maximum absolute atomic E-state index is 12.4. The van der Waals surface area contributed by atoms with E-state index in [1.807, 2.05) is 12.1 Å². The van der Waals surface area contributed by atoms with Gasteiger partial charge in [0.15, 0.2) is 0 Å². The Labute approximate surface area is 176 Å². The minimum absolute atomic E-state index is 0.0584. The summed E-state index contributed by atoms with van der Waals surface area (Å²) in [6, 6.07) is 11.9. The lowest BCUT2D eigenvalue weighted by Gasteiger charge is -2.08. The number of ether oxygens (including phenoxy) is 1. The van der Waals surface area contributed by atoms with E-state index in [1.165, 1.54) is 6.08 Å². The third-order valence-corrected chi connectivity index (χ3v) is 5.08. The van der Waals surface area contributed by atoms with Gasteiger partial charge in [-0.15, -0.1) is 0 Å². The van der Waals surface area contributed by atoms with Crippen molar-refractivity contribution < 1.29 is 18.7 Å². The number of hydrogen-bond donors (Lipinski definition) is 1. The number of benzene rings is 1. The van der Waals surface area contributed by atoms with Crippen molar-refractivity contribution in [1.82, 2.24) is 0 Å². The number of carbonyl (C=O) groups is 2. The molecule has 2 atom stereocenters. The Bertz CT molecular complexity index is 979. The second kappa shape index (κ2) is 9.45. The number of nitrogens with one attached hydrogen (secondary N) is 1. The summed E-state index contributed by atoms with van der Waals surface area (Å²) in [7, 11) is 0. The van der Waals surface area contributed by atoms with Crippen LogP contribution in [0.3, 0.4) is 0 Å². The molecule has 1 aliphatic rings. The van der Waals surface area contributed by atoms with Crippen LogP contribution in [0.5, 0.6) is 0 Å². The number of amides is 1. The molecule has 1 heterocycles. The summed E-state index contributed by atoms with van der Waals surface area (Å²) in [5, 5.41) is 12.0. The number of furan rings is 1. The van der Waals surface area contributed by atoms with E-state index in [1.54, 1.807) is 30.3 Å². The van der Waals surface area contributed by atoms with Crippen molar-refractivity contribution in [1.29, 1.82) is 5.26 Å². The molecule has 3 rings (SSSR count). The molecule has 1 saturated carbocycles. The molecule has 0 aliphatic heterocycles. The summed E-state index contributed by atoms with van der Waals surface area (Å²) in [5.41, 5.74) is 0.828. The fourth-order valence-electron chi connectivity index (χ4n) is 3.01. The van der Waals surface area contributed by atoms with Gasteiger partial charge in [0, 0.05) is 17.7 Å². The van der Waals surface area contributed by atoms with Crippen molar-refractivity contribution in [2.45, 2.75) is 39.5 Å². The second-order valence-corrected chi connectivity index (χ2v) is 8.08. The summed E-state index contributed by atoms with van der Waals surface area (Å²) in [6.45, 7) is 6.66. The molecule has 1 aromatic carbocycles. The molecule has 1 aromatic heterocycles. The molecular formula is C24H26N2O4. The SMILES string of the molecule is CC(C)CCOC(=O)c1ccc(NC(=O)C(C#N)=Cc2ccc(C3CC3C)o2)cc1. The van der Waals surface area contributed by atoms with Crippen molar-refractivity contribution in [2.75, 3.05) is 11.9 Å². The average Bonchev–Trinajstić information content (AvgIpc) is 3.26. The number of hydrogen-bond acceptors (Lipinski definition) is 5. The van der Waals surface area contributed by atoms with Crippen molar-refractivity contribution in [3.63, 3.8) is 0 Å². The van der Waals surface area contributed by atoms with Crippen LogP contribution in [0.15, 0.2) is 46.4 Å². The van der Waals surface area contributed by atoms with Crippen LogP contribution in [-0.2, 0) is 9.53 Å². The van der Waals surface area contributed by atoms with Gasteiger partial charge in [-0.1, -0.05) is 20.8 Å². The Morgan fingerprint density at radius 3 is 2.57 bits per heavy atom. The first-order valence-corrected chi connectivity index (χ1v) is 10.2. The lowest BCUT2D eigenvalue weighted by molar-refractivity contribution is -0.112.